The van der Waals surface area contributed by atoms with Gasteiger partial charge in [0.25, 0.3) is 5.91 Å². The second-order valence-electron chi connectivity index (χ2n) is 5.44. The second-order valence-corrected chi connectivity index (χ2v) is 6.30. The first-order valence-electron chi connectivity index (χ1n) is 8.28. The van der Waals surface area contributed by atoms with Crippen molar-refractivity contribution in [3.63, 3.8) is 0 Å². The molecule has 0 bridgehead atoms. The fourth-order valence-electron chi connectivity index (χ4n) is 2.12. The lowest BCUT2D eigenvalue weighted by Gasteiger charge is -2.05. The summed E-state index contributed by atoms with van der Waals surface area (Å²) in [6.45, 7) is 3.71. The van der Waals surface area contributed by atoms with Gasteiger partial charge in [-0.15, -0.1) is 11.3 Å². The number of benzene rings is 1. The van der Waals surface area contributed by atoms with Crippen LogP contribution in [0.1, 0.15) is 25.1 Å². The molecular weight excluding hydrogens is 354 g/mol. The van der Waals surface area contributed by atoms with Crippen molar-refractivity contribution in [2.45, 2.75) is 26.7 Å². The van der Waals surface area contributed by atoms with E-state index in [9.17, 15) is 14.4 Å². The summed E-state index contributed by atoms with van der Waals surface area (Å²) in [5, 5.41) is 7.08. The molecule has 8 heteroatoms. The predicted molar refractivity (Wildman–Crippen MR) is 98.8 cm³/mol. The van der Waals surface area contributed by atoms with Crippen LogP contribution in [-0.4, -0.2) is 36.0 Å². The fraction of sp³-hybridized carbons (Fsp3) is 0.333. The molecule has 138 valence electrons. The van der Waals surface area contributed by atoms with E-state index in [-0.39, 0.29) is 6.42 Å². The molecule has 1 aromatic carbocycles. The molecule has 0 aliphatic heterocycles. The Morgan fingerprint density at radius 1 is 1.15 bits per heavy atom. The Morgan fingerprint density at radius 3 is 2.54 bits per heavy atom. The third kappa shape index (κ3) is 5.96. The number of thiazole rings is 1. The zero-order valence-electron chi connectivity index (χ0n) is 14.7. The van der Waals surface area contributed by atoms with Crippen LogP contribution in [0.15, 0.2) is 29.6 Å². The smallest absolute Gasteiger partial charge is 0.321 e. The van der Waals surface area contributed by atoms with E-state index in [1.54, 1.807) is 12.3 Å². The van der Waals surface area contributed by atoms with E-state index in [1.807, 2.05) is 12.1 Å². The molecule has 3 amide bonds. The minimum absolute atomic E-state index is 0.0298. The first-order chi connectivity index (χ1) is 12.5. The Labute approximate surface area is 155 Å². The molecule has 0 unspecified atom stereocenters. The van der Waals surface area contributed by atoms with Gasteiger partial charge in [0, 0.05) is 17.5 Å². The van der Waals surface area contributed by atoms with E-state index in [4.69, 9.17) is 4.74 Å². The predicted octanol–water partition coefficient (Wildman–Crippen LogP) is 2.30. The lowest BCUT2D eigenvalue weighted by atomic mass is 10.1. The second kappa shape index (κ2) is 9.67. The summed E-state index contributed by atoms with van der Waals surface area (Å²) >= 11 is 1.45. The number of aromatic nitrogens is 1. The lowest BCUT2D eigenvalue weighted by molar-refractivity contribution is -0.147. The number of nitrogens with zero attached hydrogens (tertiary/aromatic N) is 1. The van der Waals surface area contributed by atoms with Crippen LogP contribution in [0.2, 0.25) is 0 Å². The molecule has 0 fully saturated rings. The number of esters is 1. The topological polar surface area (TPSA) is 97.4 Å². The maximum atomic E-state index is 11.8. The van der Waals surface area contributed by atoms with E-state index in [1.165, 1.54) is 16.9 Å². The number of aryl methyl sites for hydroxylation is 1. The number of hydrogen-bond acceptors (Lipinski definition) is 6. The van der Waals surface area contributed by atoms with Crippen molar-refractivity contribution in [3.05, 3.63) is 40.9 Å². The first-order valence-corrected chi connectivity index (χ1v) is 9.16. The van der Waals surface area contributed by atoms with Crippen LogP contribution in [-0.2, 0) is 27.2 Å². The molecule has 7 nitrogen and oxygen atoms in total. The van der Waals surface area contributed by atoms with E-state index < -0.39 is 24.5 Å². The molecule has 2 N–H and O–H groups in total. The minimum atomic E-state index is -0.681. The highest BCUT2D eigenvalue weighted by Gasteiger charge is 2.13. The standard InChI is InChI=1S/C18H21N3O4S/c1-3-12-5-7-13(8-6-12)17-20-14(11-26-17)9-16(23)25-10-15(22)21-18(24)19-4-2/h5-8,11H,3-4,9-10H2,1-2H3,(H2,19,21,22,24). The van der Waals surface area contributed by atoms with Gasteiger partial charge in [0.1, 0.15) is 5.01 Å². The molecule has 0 atom stereocenters. The summed E-state index contributed by atoms with van der Waals surface area (Å²) < 4.78 is 4.87. The number of carbonyl (C=O) groups is 3. The number of nitrogens with one attached hydrogen (secondary N) is 2. The molecule has 1 aromatic heterocycles. The minimum Gasteiger partial charge on any atom is -0.455 e. The molecule has 0 saturated carbocycles. The van der Waals surface area contributed by atoms with Gasteiger partial charge in [-0.1, -0.05) is 31.2 Å². The zero-order chi connectivity index (χ0) is 18.9. The lowest BCUT2D eigenvalue weighted by Crippen LogP contribution is -2.41. The molecule has 0 aliphatic rings. The average Bonchev–Trinajstić information content (AvgIpc) is 3.08. The van der Waals surface area contributed by atoms with Crippen LogP contribution in [0.5, 0.6) is 0 Å². The quantitative estimate of drug-likeness (QED) is 0.724. The van der Waals surface area contributed by atoms with Crippen LogP contribution < -0.4 is 10.6 Å². The molecule has 2 rings (SSSR count). The van der Waals surface area contributed by atoms with Gasteiger partial charge in [-0.25, -0.2) is 9.78 Å². The van der Waals surface area contributed by atoms with Crippen molar-refractivity contribution in [2.24, 2.45) is 0 Å². The van der Waals surface area contributed by atoms with Crippen molar-refractivity contribution >= 4 is 29.2 Å². The molecule has 0 saturated heterocycles. The molecule has 0 aliphatic carbocycles. The highest BCUT2D eigenvalue weighted by molar-refractivity contribution is 7.13. The van der Waals surface area contributed by atoms with Gasteiger partial charge in [-0.05, 0) is 18.9 Å². The Kier molecular flexibility index (Phi) is 7.28. The Bertz CT molecular complexity index is 771. The Balaban J connectivity index is 1.83. The number of imide groups is 1. The normalized spacial score (nSPS) is 10.2. The fourth-order valence-corrected chi connectivity index (χ4v) is 2.94. The highest BCUT2D eigenvalue weighted by Crippen LogP contribution is 2.24. The third-order valence-electron chi connectivity index (χ3n) is 3.44. The van der Waals surface area contributed by atoms with Crippen LogP contribution in [0.3, 0.4) is 0 Å². The van der Waals surface area contributed by atoms with Crippen LogP contribution >= 0.6 is 11.3 Å². The summed E-state index contributed by atoms with van der Waals surface area (Å²) in [6, 6.07) is 7.50. The maximum Gasteiger partial charge on any atom is 0.321 e. The monoisotopic (exact) mass is 375 g/mol. The molecule has 2 aromatic rings. The highest BCUT2D eigenvalue weighted by atomic mass is 32.1. The van der Waals surface area contributed by atoms with Gasteiger partial charge in [0.15, 0.2) is 6.61 Å². The first kappa shape index (κ1) is 19.6. The van der Waals surface area contributed by atoms with E-state index in [2.05, 4.69) is 34.7 Å². The largest absolute Gasteiger partial charge is 0.455 e. The summed E-state index contributed by atoms with van der Waals surface area (Å²) in [6.07, 6.45) is 0.945. The Morgan fingerprint density at radius 2 is 1.88 bits per heavy atom. The third-order valence-corrected chi connectivity index (χ3v) is 4.38. The van der Waals surface area contributed by atoms with Crippen LogP contribution in [0.4, 0.5) is 4.79 Å². The molecule has 1 heterocycles. The van der Waals surface area contributed by atoms with E-state index in [0.29, 0.717) is 12.2 Å². The van der Waals surface area contributed by atoms with Crippen molar-refractivity contribution in [2.75, 3.05) is 13.2 Å². The van der Waals surface area contributed by atoms with Crippen LogP contribution in [0.25, 0.3) is 10.6 Å². The summed E-state index contributed by atoms with van der Waals surface area (Å²) in [7, 11) is 0. The number of amides is 3. The van der Waals surface area contributed by atoms with E-state index in [0.717, 1.165) is 17.0 Å². The van der Waals surface area contributed by atoms with E-state index >= 15 is 0 Å². The summed E-state index contributed by atoms with van der Waals surface area (Å²) in [4.78, 5) is 38.9. The number of carbonyl (C=O) groups excluding carboxylic acids is 3. The number of rotatable bonds is 7. The number of ether oxygens (including phenoxy) is 1. The maximum absolute atomic E-state index is 11.8. The van der Waals surface area contributed by atoms with Crippen molar-refractivity contribution in [3.8, 4) is 10.6 Å². The molecular formula is C18H21N3O4S. The van der Waals surface area contributed by atoms with Gasteiger partial charge in [-0.3, -0.25) is 14.9 Å². The van der Waals surface area contributed by atoms with Crippen molar-refractivity contribution in [1.82, 2.24) is 15.6 Å². The average molecular weight is 375 g/mol. The molecule has 0 spiro atoms. The van der Waals surface area contributed by atoms with Crippen molar-refractivity contribution in [1.29, 1.82) is 0 Å². The van der Waals surface area contributed by atoms with Crippen molar-refractivity contribution < 1.29 is 19.1 Å². The molecule has 0 radical (unpaired) electrons. The number of hydrogen-bond donors (Lipinski definition) is 2. The zero-order valence-corrected chi connectivity index (χ0v) is 15.5. The summed E-state index contributed by atoms with van der Waals surface area (Å²) in [5.74, 6) is -1.26. The SMILES string of the molecule is CCNC(=O)NC(=O)COC(=O)Cc1csc(-c2ccc(CC)cc2)n1. The number of urea groups is 1. The molecule has 26 heavy (non-hydrogen) atoms. The van der Waals surface area contributed by atoms with Crippen LogP contribution in [0, 0.1) is 0 Å². The Hall–Kier alpha value is -2.74. The van der Waals surface area contributed by atoms with Gasteiger partial charge in [0.05, 0.1) is 12.1 Å². The van der Waals surface area contributed by atoms with Gasteiger partial charge < -0.3 is 10.1 Å². The van der Waals surface area contributed by atoms with Gasteiger partial charge in [0.2, 0.25) is 0 Å². The van der Waals surface area contributed by atoms with Gasteiger partial charge in [-0.2, -0.15) is 0 Å². The summed E-state index contributed by atoms with van der Waals surface area (Å²) in [5.41, 5.74) is 2.83. The van der Waals surface area contributed by atoms with Gasteiger partial charge >= 0.3 is 12.0 Å².